The van der Waals surface area contributed by atoms with Gasteiger partial charge in [0.1, 0.15) is 0 Å². The van der Waals surface area contributed by atoms with Crippen molar-refractivity contribution in [3.63, 3.8) is 0 Å². The Balaban J connectivity index is 1.50. The molecule has 1 fully saturated rings. The highest BCUT2D eigenvalue weighted by Crippen LogP contribution is 2.22. The molecule has 0 radical (unpaired) electrons. The number of hydrogen-bond acceptors (Lipinski definition) is 8. The van der Waals surface area contributed by atoms with E-state index in [9.17, 15) is 13.2 Å². The molecule has 3 heterocycles. The highest BCUT2D eigenvalue weighted by Gasteiger charge is 2.24. The van der Waals surface area contributed by atoms with Crippen LogP contribution in [-0.2, 0) is 10.0 Å². The van der Waals surface area contributed by atoms with Gasteiger partial charge in [0.05, 0.1) is 28.7 Å². The van der Waals surface area contributed by atoms with Gasteiger partial charge in [0.25, 0.3) is 5.91 Å². The lowest BCUT2D eigenvalue weighted by molar-refractivity contribution is 0.102. The molecule has 0 bridgehead atoms. The van der Waals surface area contributed by atoms with Crippen LogP contribution < -0.4 is 15.8 Å². The van der Waals surface area contributed by atoms with Gasteiger partial charge >= 0.3 is 0 Å². The van der Waals surface area contributed by atoms with Gasteiger partial charge in [-0.2, -0.15) is 0 Å². The Kier molecular flexibility index (Phi) is 7.15. The molecule has 1 atom stereocenters. The number of likely N-dealkylation sites (N-methyl/N-ethyl adjacent to an activating group) is 1. The number of amides is 1. The molecule has 10 nitrogen and oxygen atoms in total. The van der Waals surface area contributed by atoms with E-state index in [0.717, 1.165) is 25.9 Å². The number of pyridine rings is 1. The van der Waals surface area contributed by atoms with Crippen molar-refractivity contribution in [2.75, 3.05) is 30.7 Å². The highest BCUT2D eigenvalue weighted by atomic mass is 32.2. The van der Waals surface area contributed by atoms with Crippen LogP contribution in [-0.4, -0.2) is 59.9 Å². The minimum Gasteiger partial charge on any atom is -0.382 e. The average molecular weight is 482 g/mol. The molecule has 3 aromatic rings. The van der Waals surface area contributed by atoms with Crippen molar-refractivity contribution in [2.24, 2.45) is 0 Å². The molecule has 0 saturated carbocycles. The summed E-state index contributed by atoms with van der Waals surface area (Å²) in [4.78, 5) is 27.4. The fraction of sp³-hybridized carbons (Fsp3) is 0.304. The Morgan fingerprint density at radius 1 is 1.21 bits per heavy atom. The second kappa shape index (κ2) is 10.2. The molecular weight excluding hydrogens is 454 g/mol. The molecule has 1 aliphatic heterocycles. The minimum atomic E-state index is -3.66. The first-order valence-electron chi connectivity index (χ1n) is 11.0. The average Bonchev–Trinajstić information content (AvgIpc) is 2.85. The van der Waals surface area contributed by atoms with Gasteiger partial charge in [-0.25, -0.2) is 23.1 Å². The molecule has 1 saturated heterocycles. The quantitative estimate of drug-likeness (QED) is 0.466. The zero-order chi connectivity index (χ0) is 24.1. The minimum absolute atomic E-state index is 0.0119. The van der Waals surface area contributed by atoms with Crippen molar-refractivity contribution in [1.29, 1.82) is 0 Å². The number of anilines is 2. The van der Waals surface area contributed by atoms with Crippen LogP contribution in [0.1, 0.15) is 30.3 Å². The van der Waals surface area contributed by atoms with Crippen LogP contribution in [0, 0.1) is 0 Å². The zero-order valence-electron chi connectivity index (χ0n) is 18.8. The lowest BCUT2D eigenvalue weighted by Gasteiger charge is -2.32. The van der Waals surface area contributed by atoms with Crippen molar-refractivity contribution in [2.45, 2.75) is 30.7 Å². The van der Waals surface area contributed by atoms with Crippen molar-refractivity contribution in [3.8, 4) is 11.3 Å². The predicted molar refractivity (Wildman–Crippen MR) is 130 cm³/mol. The summed E-state index contributed by atoms with van der Waals surface area (Å²) in [5.41, 5.74) is 7.35. The van der Waals surface area contributed by atoms with Crippen LogP contribution in [0.15, 0.2) is 59.9 Å². The van der Waals surface area contributed by atoms with Gasteiger partial charge in [0.2, 0.25) is 10.0 Å². The summed E-state index contributed by atoms with van der Waals surface area (Å²) in [6.45, 7) is 4.68. The molecule has 178 valence electrons. The van der Waals surface area contributed by atoms with Crippen molar-refractivity contribution in [1.82, 2.24) is 24.6 Å². The van der Waals surface area contributed by atoms with E-state index in [2.05, 4.69) is 36.8 Å². The van der Waals surface area contributed by atoms with Crippen LogP contribution in [0.25, 0.3) is 11.3 Å². The summed E-state index contributed by atoms with van der Waals surface area (Å²) in [5.74, 6) is -0.529. The van der Waals surface area contributed by atoms with E-state index in [0.29, 0.717) is 23.5 Å². The molecule has 1 aliphatic rings. The Hall–Kier alpha value is -3.41. The summed E-state index contributed by atoms with van der Waals surface area (Å²) in [6.07, 6.45) is 6.33. The number of aromatic nitrogens is 3. The topological polar surface area (TPSA) is 143 Å². The van der Waals surface area contributed by atoms with Crippen LogP contribution in [0.5, 0.6) is 0 Å². The van der Waals surface area contributed by atoms with E-state index < -0.39 is 15.9 Å². The van der Waals surface area contributed by atoms with E-state index in [1.807, 2.05) is 0 Å². The van der Waals surface area contributed by atoms with Gasteiger partial charge in [-0.1, -0.05) is 19.1 Å². The smallest absolute Gasteiger partial charge is 0.278 e. The van der Waals surface area contributed by atoms with Crippen LogP contribution in [0.3, 0.4) is 0 Å². The van der Waals surface area contributed by atoms with E-state index in [-0.39, 0.29) is 22.4 Å². The number of sulfonamides is 1. The Morgan fingerprint density at radius 2 is 2.00 bits per heavy atom. The summed E-state index contributed by atoms with van der Waals surface area (Å²) in [6, 6.07) is 9.59. The molecule has 0 aliphatic carbocycles. The van der Waals surface area contributed by atoms with Gasteiger partial charge in [-0.05, 0) is 50.2 Å². The van der Waals surface area contributed by atoms with E-state index in [1.54, 1.807) is 30.5 Å². The summed E-state index contributed by atoms with van der Waals surface area (Å²) in [7, 11) is -3.66. The first kappa shape index (κ1) is 23.7. The number of nitrogens with zero attached hydrogens (tertiary/aromatic N) is 4. The zero-order valence-corrected chi connectivity index (χ0v) is 19.6. The normalized spacial score (nSPS) is 16.8. The van der Waals surface area contributed by atoms with E-state index in [1.165, 1.54) is 24.5 Å². The maximum Gasteiger partial charge on any atom is 0.278 e. The largest absolute Gasteiger partial charge is 0.382 e. The number of nitrogen functional groups attached to an aromatic ring is 1. The third-order valence-electron chi connectivity index (χ3n) is 5.67. The number of benzene rings is 1. The number of carbonyl (C=O) groups is 1. The third kappa shape index (κ3) is 5.56. The van der Waals surface area contributed by atoms with Gasteiger partial charge in [-0.3, -0.25) is 9.78 Å². The van der Waals surface area contributed by atoms with Crippen LogP contribution in [0.2, 0.25) is 0 Å². The second-order valence-corrected chi connectivity index (χ2v) is 9.78. The van der Waals surface area contributed by atoms with Gasteiger partial charge in [0.15, 0.2) is 11.5 Å². The number of nitrogens with two attached hydrogens (primary N) is 1. The number of piperidine rings is 1. The molecular formula is C23H27N7O3S. The fourth-order valence-electron chi connectivity index (χ4n) is 3.86. The molecule has 4 rings (SSSR count). The second-order valence-electron chi connectivity index (χ2n) is 8.06. The molecule has 34 heavy (non-hydrogen) atoms. The standard InChI is InChI=1S/C23H27N7O3S/c1-2-30-12-4-6-18(15-30)29-34(32,33)19-9-7-16(8-10-19)20-14-26-22(24)21(28-20)23(31)27-17-5-3-11-25-13-17/h3,5,7-11,13-14,18,29H,2,4,6,12,15H2,1H3,(H2,24,26)(H,27,31). The molecule has 4 N–H and O–H groups in total. The lowest BCUT2D eigenvalue weighted by atomic mass is 10.1. The number of nitrogens with one attached hydrogen (secondary N) is 2. The maximum atomic E-state index is 12.9. The van der Waals surface area contributed by atoms with Gasteiger partial charge in [-0.15, -0.1) is 0 Å². The Morgan fingerprint density at radius 3 is 2.71 bits per heavy atom. The van der Waals surface area contributed by atoms with Crippen LogP contribution in [0.4, 0.5) is 11.5 Å². The predicted octanol–water partition coefficient (Wildman–Crippen LogP) is 2.14. The van der Waals surface area contributed by atoms with Crippen LogP contribution >= 0.6 is 0 Å². The molecule has 2 aromatic heterocycles. The molecule has 0 spiro atoms. The van der Waals surface area contributed by atoms with Crippen molar-refractivity contribution < 1.29 is 13.2 Å². The SMILES string of the molecule is CCN1CCCC(NS(=O)(=O)c2ccc(-c3cnc(N)c(C(=O)Nc4cccnc4)n3)cc2)C1. The monoisotopic (exact) mass is 481 g/mol. The van der Waals surface area contributed by atoms with Crippen molar-refractivity contribution >= 4 is 27.4 Å². The van der Waals surface area contributed by atoms with Gasteiger partial charge < -0.3 is 16.0 Å². The van der Waals surface area contributed by atoms with Crippen molar-refractivity contribution in [3.05, 3.63) is 60.7 Å². The Labute approximate surface area is 198 Å². The maximum absolute atomic E-state index is 12.9. The summed E-state index contributed by atoms with van der Waals surface area (Å²) < 4.78 is 28.6. The first-order chi connectivity index (χ1) is 16.4. The molecule has 1 aromatic carbocycles. The van der Waals surface area contributed by atoms with E-state index in [4.69, 9.17) is 5.73 Å². The Bertz CT molecular complexity index is 1250. The highest BCUT2D eigenvalue weighted by molar-refractivity contribution is 7.89. The number of rotatable bonds is 7. The summed E-state index contributed by atoms with van der Waals surface area (Å²) in [5, 5.41) is 2.68. The fourth-order valence-corrected chi connectivity index (χ4v) is 5.12. The number of likely N-dealkylation sites (tertiary alicyclic amines) is 1. The first-order valence-corrected chi connectivity index (χ1v) is 12.5. The third-order valence-corrected chi connectivity index (χ3v) is 7.21. The molecule has 1 unspecified atom stereocenters. The summed E-state index contributed by atoms with van der Waals surface area (Å²) >= 11 is 0. The van der Waals surface area contributed by atoms with E-state index >= 15 is 0 Å². The van der Waals surface area contributed by atoms with Gasteiger partial charge in [0, 0.05) is 24.3 Å². The lowest BCUT2D eigenvalue weighted by Crippen LogP contribution is -2.47. The molecule has 1 amide bonds. The number of carbonyl (C=O) groups excluding carboxylic acids is 1. The number of hydrogen-bond donors (Lipinski definition) is 3. The molecule has 11 heteroatoms.